The van der Waals surface area contributed by atoms with E-state index in [0.29, 0.717) is 28.2 Å². The monoisotopic (exact) mass is 492 g/mol. The lowest BCUT2D eigenvalue weighted by molar-refractivity contribution is -0.113. The smallest absolute Gasteiger partial charge is 0.234 e. The lowest BCUT2D eigenvalue weighted by atomic mass is 10.0. The highest BCUT2D eigenvalue weighted by Crippen LogP contribution is 2.28. The molecular formula is C26H25ClN4O2S. The number of carbonyl (C=O) groups excluding carboxylic acids is 1. The van der Waals surface area contributed by atoms with Crippen LogP contribution in [0.15, 0.2) is 72.4 Å². The van der Waals surface area contributed by atoms with Gasteiger partial charge >= 0.3 is 0 Å². The summed E-state index contributed by atoms with van der Waals surface area (Å²) in [5.41, 5.74) is 2.72. The number of hydrogen-bond donors (Lipinski definition) is 1. The van der Waals surface area contributed by atoms with Crippen molar-refractivity contribution in [3.05, 3.63) is 89.2 Å². The summed E-state index contributed by atoms with van der Waals surface area (Å²) in [5.74, 6) is 1.51. The number of ether oxygens (including phenoxy) is 1. The van der Waals surface area contributed by atoms with Gasteiger partial charge in [-0.15, -0.1) is 16.8 Å². The summed E-state index contributed by atoms with van der Waals surface area (Å²) in [7, 11) is 0. The number of allylic oxidation sites excluding steroid dienone is 1. The van der Waals surface area contributed by atoms with Crippen LogP contribution in [0.2, 0.25) is 5.02 Å². The highest BCUT2D eigenvalue weighted by atomic mass is 35.5. The largest absolute Gasteiger partial charge is 0.485 e. The molecule has 0 saturated heterocycles. The molecular weight excluding hydrogens is 468 g/mol. The predicted molar refractivity (Wildman–Crippen MR) is 139 cm³/mol. The average molecular weight is 493 g/mol. The molecule has 6 nitrogen and oxygen atoms in total. The van der Waals surface area contributed by atoms with E-state index in [1.807, 2.05) is 48.7 Å². The van der Waals surface area contributed by atoms with Crippen molar-refractivity contribution in [2.75, 3.05) is 11.1 Å². The Labute approximate surface area is 208 Å². The first-order valence-corrected chi connectivity index (χ1v) is 12.2. The van der Waals surface area contributed by atoms with Crippen molar-refractivity contribution in [3.8, 4) is 5.75 Å². The van der Waals surface area contributed by atoms with Crippen LogP contribution in [0.4, 0.5) is 5.69 Å². The summed E-state index contributed by atoms with van der Waals surface area (Å²) in [6, 6.07) is 17.6. The van der Waals surface area contributed by atoms with Gasteiger partial charge in [0.05, 0.1) is 5.75 Å². The molecule has 4 aromatic rings. The Morgan fingerprint density at radius 2 is 2.00 bits per heavy atom. The van der Waals surface area contributed by atoms with Crippen molar-refractivity contribution in [1.29, 1.82) is 0 Å². The molecule has 4 rings (SSSR count). The standard InChI is InChI=1S/C26H25ClN4O2S/c1-4-13-31-24(15-33-23-12-10-19-7-5-6-8-21(19)18(23)3)29-30-26(31)34-16-25(32)28-22-14-20(27)11-9-17(22)2/h4-12,14H,1,13,15-16H2,2-3H3,(H,28,32). The number of aryl methyl sites for hydroxylation is 2. The van der Waals surface area contributed by atoms with E-state index < -0.39 is 0 Å². The quantitative estimate of drug-likeness (QED) is 0.222. The fraction of sp³-hybridized carbons (Fsp3) is 0.192. The molecule has 0 spiro atoms. The van der Waals surface area contributed by atoms with Crippen LogP contribution < -0.4 is 10.1 Å². The molecule has 0 aliphatic rings. The molecule has 0 saturated carbocycles. The average Bonchev–Trinajstić information content (AvgIpc) is 3.21. The molecule has 8 heteroatoms. The van der Waals surface area contributed by atoms with Gasteiger partial charge in [0.25, 0.3) is 0 Å². The molecule has 0 radical (unpaired) electrons. The number of nitrogens with one attached hydrogen (secondary N) is 1. The zero-order valence-electron chi connectivity index (χ0n) is 19.0. The second-order valence-electron chi connectivity index (χ2n) is 7.79. The van der Waals surface area contributed by atoms with Crippen LogP contribution in [0.5, 0.6) is 5.75 Å². The third-order valence-electron chi connectivity index (χ3n) is 5.42. The Hall–Kier alpha value is -3.29. The van der Waals surface area contributed by atoms with Crippen LogP contribution in [-0.2, 0) is 17.9 Å². The summed E-state index contributed by atoms with van der Waals surface area (Å²) in [4.78, 5) is 12.5. The van der Waals surface area contributed by atoms with Crippen LogP contribution in [0.25, 0.3) is 10.8 Å². The van der Waals surface area contributed by atoms with E-state index in [4.69, 9.17) is 16.3 Å². The van der Waals surface area contributed by atoms with Gasteiger partial charge in [-0.2, -0.15) is 0 Å². The summed E-state index contributed by atoms with van der Waals surface area (Å²) < 4.78 is 8.01. The third kappa shape index (κ3) is 5.43. The third-order valence-corrected chi connectivity index (χ3v) is 6.62. The molecule has 0 fully saturated rings. The number of thioether (sulfide) groups is 1. The van der Waals surface area contributed by atoms with E-state index in [1.165, 1.54) is 17.1 Å². The van der Waals surface area contributed by atoms with Crippen LogP contribution in [0, 0.1) is 13.8 Å². The van der Waals surface area contributed by atoms with Crippen LogP contribution in [0.1, 0.15) is 17.0 Å². The molecule has 1 heterocycles. The number of carbonyl (C=O) groups is 1. The van der Waals surface area contributed by atoms with Gasteiger partial charge in [-0.25, -0.2) is 0 Å². The van der Waals surface area contributed by atoms with Gasteiger partial charge < -0.3 is 10.1 Å². The van der Waals surface area contributed by atoms with Gasteiger partial charge in [-0.05, 0) is 53.9 Å². The van der Waals surface area contributed by atoms with Crippen molar-refractivity contribution in [2.45, 2.75) is 32.2 Å². The number of aromatic nitrogens is 3. The van der Waals surface area contributed by atoms with E-state index in [9.17, 15) is 4.79 Å². The van der Waals surface area contributed by atoms with E-state index in [-0.39, 0.29) is 18.3 Å². The number of anilines is 1. The number of halogens is 1. The number of amides is 1. The number of benzene rings is 3. The van der Waals surface area contributed by atoms with Crippen molar-refractivity contribution < 1.29 is 9.53 Å². The van der Waals surface area contributed by atoms with Gasteiger partial charge in [0.15, 0.2) is 11.0 Å². The fourth-order valence-electron chi connectivity index (χ4n) is 3.60. The maximum Gasteiger partial charge on any atom is 0.234 e. The first kappa shape index (κ1) is 23.9. The molecule has 3 aromatic carbocycles. The Kier molecular flexibility index (Phi) is 7.55. The van der Waals surface area contributed by atoms with Crippen molar-refractivity contribution in [3.63, 3.8) is 0 Å². The minimum Gasteiger partial charge on any atom is -0.485 e. The summed E-state index contributed by atoms with van der Waals surface area (Å²) in [5, 5.41) is 15.0. The van der Waals surface area contributed by atoms with Crippen LogP contribution in [0.3, 0.4) is 0 Å². The Morgan fingerprint density at radius 3 is 2.82 bits per heavy atom. The number of nitrogens with zero attached hydrogens (tertiary/aromatic N) is 3. The molecule has 1 aromatic heterocycles. The fourth-order valence-corrected chi connectivity index (χ4v) is 4.53. The van der Waals surface area contributed by atoms with Gasteiger partial charge in [-0.1, -0.05) is 65.8 Å². The van der Waals surface area contributed by atoms with Crippen molar-refractivity contribution in [1.82, 2.24) is 14.8 Å². The van der Waals surface area contributed by atoms with Crippen molar-refractivity contribution >= 4 is 45.7 Å². The highest BCUT2D eigenvalue weighted by molar-refractivity contribution is 7.99. The van der Waals surface area contributed by atoms with E-state index in [1.54, 1.807) is 18.2 Å². The minimum absolute atomic E-state index is 0.145. The maximum absolute atomic E-state index is 12.5. The number of fused-ring (bicyclic) bond motifs is 1. The van der Waals surface area contributed by atoms with Gasteiger partial charge in [0, 0.05) is 17.3 Å². The second kappa shape index (κ2) is 10.8. The minimum atomic E-state index is -0.145. The maximum atomic E-state index is 12.5. The molecule has 0 atom stereocenters. The number of rotatable bonds is 9. The molecule has 0 bridgehead atoms. The second-order valence-corrected chi connectivity index (χ2v) is 9.17. The molecule has 34 heavy (non-hydrogen) atoms. The topological polar surface area (TPSA) is 69.0 Å². The van der Waals surface area contributed by atoms with E-state index in [0.717, 1.165) is 22.3 Å². The predicted octanol–water partition coefficient (Wildman–Crippen LogP) is 6.20. The summed E-state index contributed by atoms with van der Waals surface area (Å²) in [6.07, 6.45) is 1.77. The number of hydrogen-bond acceptors (Lipinski definition) is 5. The van der Waals surface area contributed by atoms with Gasteiger partial charge in [-0.3, -0.25) is 9.36 Å². The van der Waals surface area contributed by atoms with Crippen LogP contribution >= 0.6 is 23.4 Å². The Bertz CT molecular complexity index is 1350. The Morgan fingerprint density at radius 1 is 1.18 bits per heavy atom. The molecule has 0 aliphatic heterocycles. The summed E-state index contributed by atoms with van der Waals surface area (Å²) >= 11 is 7.36. The van der Waals surface area contributed by atoms with E-state index >= 15 is 0 Å². The summed E-state index contributed by atoms with van der Waals surface area (Å²) in [6.45, 7) is 8.58. The first-order chi connectivity index (χ1) is 16.5. The van der Waals surface area contributed by atoms with Crippen molar-refractivity contribution in [2.24, 2.45) is 0 Å². The highest BCUT2D eigenvalue weighted by Gasteiger charge is 2.15. The molecule has 1 amide bonds. The van der Waals surface area contributed by atoms with Crippen LogP contribution in [-0.4, -0.2) is 26.4 Å². The van der Waals surface area contributed by atoms with Gasteiger partial charge in [0.2, 0.25) is 5.91 Å². The SMILES string of the molecule is C=CCn1c(COc2ccc3ccccc3c2C)nnc1SCC(=O)Nc1cc(Cl)ccc1C. The molecule has 1 N–H and O–H groups in total. The molecule has 174 valence electrons. The zero-order chi connectivity index (χ0) is 24.1. The normalized spacial score (nSPS) is 10.9. The lowest BCUT2D eigenvalue weighted by Gasteiger charge is -2.12. The zero-order valence-corrected chi connectivity index (χ0v) is 20.6. The Balaban J connectivity index is 1.43. The molecule has 0 unspecified atom stereocenters. The molecule has 0 aliphatic carbocycles. The van der Waals surface area contributed by atoms with E-state index in [2.05, 4.69) is 34.2 Å². The first-order valence-electron chi connectivity index (χ1n) is 10.8. The lowest BCUT2D eigenvalue weighted by Crippen LogP contribution is -2.15. The van der Waals surface area contributed by atoms with Gasteiger partial charge in [0.1, 0.15) is 12.4 Å².